The molecule has 0 amide bonds. The van der Waals surface area contributed by atoms with Crippen LogP contribution in [0.15, 0.2) is 29.2 Å². The van der Waals surface area contributed by atoms with Gasteiger partial charge in [-0.15, -0.1) is 0 Å². The Labute approximate surface area is 121 Å². The van der Waals surface area contributed by atoms with E-state index >= 15 is 0 Å². The molecule has 0 unspecified atom stereocenters. The predicted octanol–water partition coefficient (Wildman–Crippen LogP) is 2.39. The first kappa shape index (κ1) is 15.5. The zero-order valence-corrected chi connectivity index (χ0v) is 12.7. The molecule has 1 aromatic rings. The van der Waals surface area contributed by atoms with Crippen LogP contribution < -0.4 is 10.5 Å². The van der Waals surface area contributed by atoms with Gasteiger partial charge in [0, 0.05) is 6.54 Å². The maximum atomic E-state index is 11.1. The highest BCUT2D eigenvalue weighted by Gasteiger charge is 2.12. The number of hydrogen-bond donors (Lipinski definition) is 2. The molecule has 20 heavy (non-hydrogen) atoms. The molecule has 0 spiro atoms. The predicted molar refractivity (Wildman–Crippen MR) is 80.7 cm³/mol. The van der Waals surface area contributed by atoms with Crippen molar-refractivity contribution in [1.29, 1.82) is 0 Å². The average Bonchev–Trinajstić information content (AvgIpc) is 2.44. The maximum Gasteiger partial charge on any atom is 0.238 e. The van der Waals surface area contributed by atoms with Crippen LogP contribution in [0.3, 0.4) is 0 Å². The molecule has 1 aliphatic rings. The van der Waals surface area contributed by atoms with E-state index in [1.165, 1.54) is 38.5 Å². The molecule has 3 N–H and O–H groups in total. The standard InChI is InChI=1S/C15H24N2O2S/c16-20(18,19)15-8-6-14(7-9-15)12-17-11-10-13-4-2-1-3-5-13/h6-9,13,17H,1-5,10-12H2,(H2,16,18,19). The number of hydrogen-bond acceptors (Lipinski definition) is 3. The zero-order valence-electron chi connectivity index (χ0n) is 11.8. The highest BCUT2D eigenvalue weighted by molar-refractivity contribution is 7.89. The van der Waals surface area contributed by atoms with Crippen molar-refractivity contribution in [2.45, 2.75) is 50.0 Å². The third-order valence-electron chi connectivity index (χ3n) is 4.04. The number of nitrogens with two attached hydrogens (primary N) is 1. The molecule has 0 heterocycles. The largest absolute Gasteiger partial charge is 0.313 e. The second-order valence-corrected chi connectivity index (χ2v) is 7.22. The lowest BCUT2D eigenvalue weighted by Crippen LogP contribution is -2.19. The molecule has 2 rings (SSSR count). The highest BCUT2D eigenvalue weighted by atomic mass is 32.2. The quantitative estimate of drug-likeness (QED) is 0.792. The minimum atomic E-state index is -3.58. The third kappa shape index (κ3) is 4.89. The fraction of sp³-hybridized carbons (Fsp3) is 0.600. The van der Waals surface area contributed by atoms with Crippen molar-refractivity contribution in [3.8, 4) is 0 Å². The van der Waals surface area contributed by atoms with Gasteiger partial charge in [-0.3, -0.25) is 0 Å². The van der Waals surface area contributed by atoms with Gasteiger partial charge in [0.15, 0.2) is 0 Å². The van der Waals surface area contributed by atoms with Gasteiger partial charge in [-0.25, -0.2) is 13.6 Å². The van der Waals surface area contributed by atoms with Gasteiger partial charge in [-0.1, -0.05) is 44.2 Å². The molecule has 0 saturated heterocycles. The molecule has 1 saturated carbocycles. The summed E-state index contributed by atoms with van der Waals surface area (Å²) in [7, 11) is -3.58. The van der Waals surface area contributed by atoms with Crippen LogP contribution in [0.5, 0.6) is 0 Å². The smallest absolute Gasteiger partial charge is 0.238 e. The Hall–Kier alpha value is -0.910. The van der Waals surface area contributed by atoms with Crippen LogP contribution in [0, 0.1) is 5.92 Å². The van der Waals surface area contributed by atoms with E-state index in [9.17, 15) is 8.42 Å². The lowest BCUT2D eigenvalue weighted by molar-refractivity contribution is 0.334. The van der Waals surface area contributed by atoms with Crippen molar-refractivity contribution in [2.75, 3.05) is 6.54 Å². The summed E-state index contributed by atoms with van der Waals surface area (Å²) in [5, 5.41) is 8.49. The van der Waals surface area contributed by atoms with E-state index in [-0.39, 0.29) is 4.90 Å². The van der Waals surface area contributed by atoms with Crippen molar-refractivity contribution >= 4 is 10.0 Å². The Morgan fingerprint density at radius 3 is 2.35 bits per heavy atom. The summed E-state index contributed by atoms with van der Waals surface area (Å²) in [6, 6.07) is 6.75. The molecule has 1 aromatic carbocycles. The van der Waals surface area contributed by atoms with E-state index in [0.717, 1.165) is 24.6 Å². The lowest BCUT2D eigenvalue weighted by Gasteiger charge is -2.21. The molecule has 0 bridgehead atoms. The molecule has 1 fully saturated rings. The van der Waals surface area contributed by atoms with Gasteiger partial charge in [0.25, 0.3) is 0 Å². The summed E-state index contributed by atoms with van der Waals surface area (Å²) in [6.07, 6.45) is 8.18. The zero-order chi connectivity index (χ0) is 14.4. The number of nitrogens with one attached hydrogen (secondary N) is 1. The number of sulfonamides is 1. The molecular weight excluding hydrogens is 272 g/mol. The van der Waals surface area contributed by atoms with Gasteiger partial charge in [-0.05, 0) is 36.6 Å². The monoisotopic (exact) mass is 296 g/mol. The number of benzene rings is 1. The molecule has 0 radical (unpaired) electrons. The summed E-state index contributed by atoms with van der Waals surface area (Å²) in [5.74, 6) is 0.890. The summed E-state index contributed by atoms with van der Waals surface area (Å²) < 4.78 is 22.3. The SMILES string of the molecule is NS(=O)(=O)c1ccc(CNCCC2CCCCC2)cc1. The van der Waals surface area contributed by atoms with Gasteiger partial charge in [0.05, 0.1) is 4.90 Å². The Kier molecular flexibility index (Phi) is 5.57. The normalized spacial score (nSPS) is 17.2. The van der Waals surface area contributed by atoms with E-state index in [1.54, 1.807) is 12.1 Å². The molecule has 0 atom stereocenters. The van der Waals surface area contributed by atoms with Crippen molar-refractivity contribution in [2.24, 2.45) is 11.1 Å². The summed E-state index contributed by atoms with van der Waals surface area (Å²) in [6.45, 7) is 1.80. The minimum Gasteiger partial charge on any atom is -0.313 e. The summed E-state index contributed by atoms with van der Waals surface area (Å²) >= 11 is 0. The molecule has 112 valence electrons. The topological polar surface area (TPSA) is 72.2 Å². The van der Waals surface area contributed by atoms with Gasteiger partial charge in [0.1, 0.15) is 0 Å². The van der Waals surface area contributed by atoms with Gasteiger partial charge >= 0.3 is 0 Å². The van der Waals surface area contributed by atoms with Crippen molar-refractivity contribution in [3.63, 3.8) is 0 Å². The van der Waals surface area contributed by atoms with Crippen LogP contribution in [-0.2, 0) is 16.6 Å². The van der Waals surface area contributed by atoms with Crippen molar-refractivity contribution in [1.82, 2.24) is 5.32 Å². The van der Waals surface area contributed by atoms with E-state index in [2.05, 4.69) is 5.32 Å². The average molecular weight is 296 g/mol. The maximum absolute atomic E-state index is 11.1. The molecule has 1 aliphatic carbocycles. The van der Waals surface area contributed by atoms with Crippen LogP contribution in [0.1, 0.15) is 44.1 Å². The van der Waals surface area contributed by atoms with Gasteiger partial charge in [-0.2, -0.15) is 0 Å². The fourth-order valence-corrected chi connectivity index (χ4v) is 3.33. The molecule has 0 aliphatic heterocycles. The van der Waals surface area contributed by atoms with Crippen molar-refractivity contribution < 1.29 is 8.42 Å². The van der Waals surface area contributed by atoms with E-state index in [4.69, 9.17) is 5.14 Å². The molecule has 4 nitrogen and oxygen atoms in total. The Bertz CT molecular complexity index is 505. The summed E-state index contributed by atoms with van der Waals surface area (Å²) in [5.41, 5.74) is 1.08. The molecule has 5 heteroatoms. The first-order valence-electron chi connectivity index (χ1n) is 7.38. The van der Waals surface area contributed by atoms with Crippen molar-refractivity contribution in [3.05, 3.63) is 29.8 Å². The Morgan fingerprint density at radius 2 is 1.75 bits per heavy atom. The van der Waals surface area contributed by atoms with E-state index < -0.39 is 10.0 Å². The fourth-order valence-electron chi connectivity index (χ4n) is 2.81. The first-order chi connectivity index (χ1) is 9.55. The van der Waals surface area contributed by atoms with Crippen LogP contribution in [0.4, 0.5) is 0 Å². The lowest BCUT2D eigenvalue weighted by atomic mass is 9.87. The van der Waals surface area contributed by atoms with Crippen LogP contribution in [-0.4, -0.2) is 15.0 Å². The summed E-state index contributed by atoms with van der Waals surface area (Å²) in [4.78, 5) is 0.170. The van der Waals surface area contributed by atoms with Gasteiger partial charge in [0.2, 0.25) is 10.0 Å². The second-order valence-electron chi connectivity index (χ2n) is 5.66. The second kappa shape index (κ2) is 7.20. The highest BCUT2D eigenvalue weighted by Crippen LogP contribution is 2.25. The van der Waals surface area contributed by atoms with E-state index in [1.807, 2.05) is 12.1 Å². The Morgan fingerprint density at radius 1 is 1.10 bits per heavy atom. The van der Waals surface area contributed by atoms with Crippen LogP contribution in [0.25, 0.3) is 0 Å². The Balaban J connectivity index is 1.71. The van der Waals surface area contributed by atoms with Crippen LogP contribution in [0.2, 0.25) is 0 Å². The van der Waals surface area contributed by atoms with E-state index in [0.29, 0.717) is 0 Å². The van der Waals surface area contributed by atoms with Gasteiger partial charge < -0.3 is 5.32 Å². The third-order valence-corrected chi connectivity index (χ3v) is 4.96. The first-order valence-corrected chi connectivity index (χ1v) is 8.93. The molecular formula is C15H24N2O2S. The minimum absolute atomic E-state index is 0.170. The number of primary sulfonamides is 1. The van der Waals surface area contributed by atoms with Crippen LogP contribution >= 0.6 is 0 Å². The number of rotatable bonds is 6. The molecule has 0 aromatic heterocycles.